The van der Waals surface area contributed by atoms with Gasteiger partial charge in [-0.15, -0.1) is 10.2 Å². The molecule has 0 unspecified atom stereocenters. The standard InChI is InChI=1S/C16H13BrN2O4/c1-9-7-12(10(2)22-9)16(20)21-8-14-18-19-15(23-14)11-5-3-4-6-13(11)17/h3-7H,8H2,1-2H3. The lowest BCUT2D eigenvalue weighted by Gasteiger charge is -2.00. The highest BCUT2D eigenvalue weighted by Gasteiger charge is 2.17. The molecule has 0 radical (unpaired) electrons. The number of nitrogens with zero attached hydrogens (tertiary/aromatic N) is 2. The summed E-state index contributed by atoms with van der Waals surface area (Å²) in [7, 11) is 0. The predicted octanol–water partition coefficient (Wildman–Crippen LogP) is 4.07. The molecule has 0 spiro atoms. The van der Waals surface area contributed by atoms with E-state index in [2.05, 4.69) is 26.1 Å². The molecule has 0 saturated heterocycles. The van der Waals surface area contributed by atoms with Gasteiger partial charge in [-0.2, -0.15) is 0 Å². The van der Waals surface area contributed by atoms with Crippen molar-refractivity contribution < 1.29 is 18.4 Å². The van der Waals surface area contributed by atoms with Crippen molar-refractivity contribution in [3.8, 4) is 11.5 Å². The third-order valence-electron chi connectivity index (χ3n) is 3.16. The number of benzene rings is 1. The molecule has 23 heavy (non-hydrogen) atoms. The van der Waals surface area contributed by atoms with E-state index >= 15 is 0 Å². The summed E-state index contributed by atoms with van der Waals surface area (Å²) in [5, 5.41) is 7.85. The zero-order valence-corrected chi connectivity index (χ0v) is 14.1. The van der Waals surface area contributed by atoms with E-state index in [-0.39, 0.29) is 12.5 Å². The summed E-state index contributed by atoms with van der Waals surface area (Å²) in [4.78, 5) is 12.0. The molecular formula is C16H13BrN2O4. The van der Waals surface area contributed by atoms with Crippen LogP contribution in [-0.2, 0) is 11.3 Å². The van der Waals surface area contributed by atoms with Gasteiger partial charge in [-0.3, -0.25) is 0 Å². The lowest BCUT2D eigenvalue weighted by Crippen LogP contribution is -2.05. The fourth-order valence-electron chi connectivity index (χ4n) is 2.09. The molecule has 6 nitrogen and oxygen atoms in total. The number of carbonyl (C=O) groups excluding carboxylic acids is 1. The molecule has 2 heterocycles. The first-order valence-electron chi connectivity index (χ1n) is 6.86. The summed E-state index contributed by atoms with van der Waals surface area (Å²) in [6, 6.07) is 9.13. The van der Waals surface area contributed by atoms with Gasteiger partial charge >= 0.3 is 5.97 Å². The molecular weight excluding hydrogens is 364 g/mol. The van der Waals surface area contributed by atoms with Crippen LogP contribution in [0.2, 0.25) is 0 Å². The van der Waals surface area contributed by atoms with Gasteiger partial charge in [0.2, 0.25) is 5.89 Å². The monoisotopic (exact) mass is 376 g/mol. The normalized spacial score (nSPS) is 10.7. The first-order chi connectivity index (χ1) is 11.0. The Morgan fingerprint density at radius 2 is 2.00 bits per heavy atom. The van der Waals surface area contributed by atoms with Gasteiger partial charge in [-0.25, -0.2) is 4.79 Å². The predicted molar refractivity (Wildman–Crippen MR) is 84.7 cm³/mol. The quantitative estimate of drug-likeness (QED) is 0.638. The number of esters is 1. The van der Waals surface area contributed by atoms with Crippen molar-refractivity contribution in [3.63, 3.8) is 0 Å². The highest BCUT2D eigenvalue weighted by atomic mass is 79.9. The van der Waals surface area contributed by atoms with Crippen LogP contribution in [0, 0.1) is 13.8 Å². The Hall–Kier alpha value is -2.41. The number of furan rings is 1. The first kappa shape index (κ1) is 15.5. The maximum absolute atomic E-state index is 12.0. The van der Waals surface area contributed by atoms with Gasteiger partial charge in [-0.1, -0.05) is 12.1 Å². The van der Waals surface area contributed by atoms with Crippen LogP contribution in [0.25, 0.3) is 11.5 Å². The van der Waals surface area contributed by atoms with Crippen molar-refractivity contribution >= 4 is 21.9 Å². The van der Waals surface area contributed by atoms with Crippen LogP contribution in [0.4, 0.5) is 0 Å². The number of rotatable bonds is 4. The molecule has 0 fully saturated rings. The number of hydrogen-bond acceptors (Lipinski definition) is 6. The number of halogens is 1. The van der Waals surface area contributed by atoms with Crippen LogP contribution in [0.5, 0.6) is 0 Å². The molecule has 3 aromatic rings. The van der Waals surface area contributed by atoms with Crippen molar-refractivity contribution in [2.45, 2.75) is 20.5 Å². The summed E-state index contributed by atoms with van der Waals surface area (Å²) in [6.07, 6.45) is 0. The third-order valence-corrected chi connectivity index (χ3v) is 3.85. The van der Waals surface area contributed by atoms with Gasteiger partial charge in [0.1, 0.15) is 17.1 Å². The Morgan fingerprint density at radius 1 is 1.22 bits per heavy atom. The summed E-state index contributed by atoms with van der Waals surface area (Å²) in [5.41, 5.74) is 1.17. The first-order valence-corrected chi connectivity index (χ1v) is 7.65. The zero-order valence-electron chi connectivity index (χ0n) is 12.5. The highest BCUT2D eigenvalue weighted by molar-refractivity contribution is 9.10. The average Bonchev–Trinajstić information content (AvgIpc) is 3.12. The van der Waals surface area contributed by atoms with Crippen LogP contribution in [-0.4, -0.2) is 16.2 Å². The molecule has 2 aromatic heterocycles. The SMILES string of the molecule is Cc1cc(C(=O)OCc2nnc(-c3ccccc3Br)o2)c(C)o1. The van der Waals surface area contributed by atoms with Crippen molar-refractivity contribution in [3.05, 3.63) is 57.8 Å². The number of aryl methyl sites for hydroxylation is 2. The van der Waals surface area contributed by atoms with E-state index < -0.39 is 5.97 Å². The number of carbonyl (C=O) groups is 1. The van der Waals surface area contributed by atoms with Gasteiger partial charge in [0.05, 0.1) is 5.56 Å². The van der Waals surface area contributed by atoms with Crippen LogP contribution >= 0.6 is 15.9 Å². The molecule has 0 saturated carbocycles. The Bertz CT molecular complexity index is 853. The Labute approximate surface area is 140 Å². The molecule has 0 bridgehead atoms. The minimum Gasteiger partial charge on any atom is -0.466 e. The van der Waals surface area contributed by atoms with E-state index in [1.54, 1.807) is 19.9 Å². The zero-order chi connectivity index (χ0) is 16.4. The lowest BCUT2D eigenvalue weighted by molar-refractivity contribution is 0.0436. The van der Waals surface area contributed by atoms with Gasteiger partial charge in [0, 0.05) is 4.47 Å². The van der Waals surface area contributed by atoms with E-state index in [0.29, 0.717) is 23.0 Å². The third kappa shape index (κ3) is 3.34. The van der Waals surface area contributed by atoms with E-state index in [1.807, 2.05) is 24.3 Å². The molecule has 1 aromatic carbocycles. The molecule has 3 rings (SSSR count). The molecule has 0 atom stereocenters. The van der Waals surface area contributed by atoms with Crippen molar-refractivity contribution in [1.82, 2.24) is 10.2 Å². The highest BCUT2D eigenvalue weighted by Crippen LogP contribution is 2.26. The number of aromatic nitrogens is 2. The topological polar surface area (TPSA) is 78.4 Å². The maximum Gasteiger partial charge on any atom is 0.342 e. The maximum atomic E-state index is 12.0. The molecule has 0 N–H and O–H groups in total. The molecule has 0 aliphatic heterocycles. The van der Waals surface area contributed by atoms with Crippen molar-refractivity contribution in [2.24, 2.45) is 0 Å². The van der Waals surface area contributed by atoms with Gasteiger partial charge in [-0.05, 0) is 48.0 Å². The van der Waals surface area contributed by atoms with Gasteiger partial charge in [0.25, 0.3) is 5.89 Å². The van der Waals surface area contributed by atoms with Gasteiger partial charge < -0.3 is 13.6 Å². The minimum absolute atomic E-state index is 0.0973. The molecule has 0 amide bonds. The fraction of sp³-hybridized carbons (Fsp3) is 0.188. The lowest BCUT2D eigenvalue weighted by atomic mass is 10.2. The summed E-state index contributed by atoms with van der Waals surface area (Å²) in [5.74, 6) is 1.27. The van der Waals surface area contributed by atoms with Gasteiger partial charge in [0.15, 0.2) is 6.61 Å². The van der Waals surface area contributed by atoms with Crippen molar-refractivity contribution in [1.29, 1.82) is 0 Å². The van der Waals surface area contributed by atoms with Crippen molar-refractivity contribution in [2.75, 3.05) is 0 Å². The molecule has 7 heteroatoms. The van der Waals surface area contributed by atoms with Crippen LogP contribution in [0.1, 0.15) is 27.8 Å². The summed E-state index contributed by atoms with van der Waals surface area (Å²) < 4.78 is 16.8. The Balaban J connectivity index is 1.69. The van der Waals surface area contributed by atoms with E-state index in [1.165, 1.54) is 0 Å². The fourth-order valence-corrected chi connectivity index (χ4v) is 2.55. The van der Waals surface area contributed by atoms with E-state index in [0.717, 1.165) is 10.0 Å². The average molecular weight is 377 g/mol. The molecule has 0 aliphatic rings. The van der Waals surface area contributed by atoms with E-state index in [9.17, 15) is 4.79 Å². The second kappa shape index (κ2) is 6.37. The Kier molecular flexibility index (Phi) is 4.29. The minimum atomic E-state index is -0.486. The van der Waals surface area contributed by atoms with Crippen LogP contribution < -0.4 is 0 Å². The van der Waals surface area contributed by atoms with Crippen LogP contribution in [0.3, 0.4) is 0 Å². The molecule has 118 valence electrons. The van der Waals surface area contributed by atoms with E-state index in [4.69, 9.17) is 13.6 Å². The number of hydrogen-bond donors (Lipinski definition) is 0. The van der Waals surface area contributed by atoms with Crippen LogP contribution in [0.15, 0.2) is 43.6 Å². The second-order valence-corrected chi connectivity index (χ2v) is 5.74. The largest absolute Gasteiger partial charge is 0.466 e. The smallest absolute Gasteiger partial charge is 0.342 e. The summed E-state index contributed by atoms with van der Waals surface area (Å²) in [6.45, 7) is 3.38. The second-order valence-electron chi connectivity index (χ2n) is 4.88. The Morgan fingerprint density at radius 3 is 2.70 bits per heavy atom. The summed E-state index contributed by atoms with van der Waals surface area (Å²) >= 11 is 3.42. The number of ether oxygens (including phenoxy) is 1. The molecule has 0 aliphatic carbocycles.